The van der Waals surface area contributed by atoms with Crippen molar-refractivity contribution in [3.63, 3.8) is 0 Å². The lowest BCUT2D eigenvalue weighted by atomic mass is 9.93. The van der Waals surface area contributed by atoms with Gasteiger partial charge in [0.2, 0.25) is 0 Å². The lowest BCUT2D eigenvalue weighted by molar-refractivity contribution is -0.518. The molecule has 0 amide bonds. The molecule has 2 nitrogen and oxygen atoms in total. The van der Waals surface area contributed by atoms with Gasteiger partial charge in [-0.15, -0.1) is 0 Å². The van der Waals surface area contributed by atoms with Crippen LogP contribution in [-0.4, -0.2) is 4.16 Å². The van der Waals surface area contributed by atoms with Crippen molar-refractivity contribution in [2.24, 2.45) is 0 Å². The van der Waals surface area contributed by atoms with Crippen LogP contribution in [0, 0.1) is 0 Å². The molecule has 3 rings (SSSR count). The molecule has 21 heavy (non-hydrogen) atoms. The quantitative estimate of drug-likeness (QED) is 0.640. The van der Waals surface area contributed by atoms with Gasteiger partial charge in [-0.2, -0.15) is 8.49 Å². The van der Waals surface area contributed by atoms with E-state index in [-0.39, 0.29) is 0 Å². The van der Waals surface area contributed by atoms with Crippen molar-refractivity contribution in [2.75, 3.05) is 0 Å². The SMILES string of the molecule is CC(C)c1cccc(C(C)C)c1-[n+]1cc2ccccn2p1. The molecule has 2 heterocycles. The van der Waals surface area contributed by atoms with E-state index in [1.807, 2.05) is 0 Å². The summed E-state index contributed by atoms with van der Waals surface area (Å²) in [5, 5.41) is 0. The molecule has 0 atom stereocenters. The molecule has 0 N–H and O–H groups in total. The number of nitrogens with zero attached hydrogens (tertiary/aromatic N) is 2. The highest BCUT2D eigenvalue weighted by molar-refractivity contribution is 7.17. The Morgan fingerprint density at radius 3 is 2.14 bits per heavy atom. The molecule has 0 saturated carbocycles. The van der Waals surface area contributed by atoms with E-state index in [0.29, 0.717) is 11.8 Å². The van der Waals surface area contributed by atoms with E-state index in [1.54, 1.807) is 0 Å². The summed E-state index contributed by atoms with van der Waals surface area (Å²) in [6.07, 6.45) is 4.40. The smallest absolute Gasteiger partial charge is 0.180 e. The van der Waals surface area contributed by atoms with Crippen molar-refractivity contribution in [1.29, 1.82) is 0 Å². The first-order valence-electron chi connectivity index (χ1n) is 7.57. The Labute approximate surface area is 128 Å². The first-order valence-corrected chi connectivity index (χ1v) is 8.37. The fraction of sp³-hybridized carbons (Fsp3) is 0.333. The van der Waals surface area contributed by atoms with Crippen LogP contribution in [0.1, 0.15) is 50.7 Å². The van der Waals surface area contributed by atoms with Crippen LogP contribution in [0.25, 0.3) is 11.2 Å². The predicted octanol–water partition coefficient (Wildman–Crippen LogP) is 5.04. The summed E-state index contributed by atoms with van der Waals surface area (Å²) in [6.45, 7) is 9.10. The van der Waals surface area contributed by atoms with Crippen molar-refractivity contribution in [1.82, 2.24) is 4.16 Å². The van der Waals surface area contributed by atoms with Gasteiger partial charge in [-0.1, -0.05) is 52.0 Å². The number of hydrogen-bond donors (Lipinski definition) is 0. The predicted molar refractivity (Wildman–Crippen MR) is 89.6 cm³/mol. The monoisotopic (exact) mass is 297 g/mol. The lowest BCUT2D eigenvalue weighted by Crippen LogP contribution is -2.27. The average molecular weight is 297 g/mol. The summed E-state index contributed by atoms with van der Waals surface area (Å²) in [5.41, 5.74) is 5.50. The Morgan fingerprint density at radius 2 is 1.57 bits per heavy atom. The Bertz CT molecular complexity index is 712. The summed E-state index contributed by atoms with van der Waals surface area (Å²) in [6, 6.07) is 13.1. The second-order valence-electron chi connectivity index (χ2n) is 6.13. The molecule has 0 aliphatic carbocycles. The minimum absolute atomic E-state index is 0.524. The zero-order valence-electron chi connectivity index (χ0n) is 13.1. The zero-order chi connectivity index (χ0) is 15.0. The highest BCUT2D eigenvalue weighted by Crippen LogP contribution is 2.29. The molecular formula is C18H22N2P+. The summed E-state index contributed by atoms with van der Waals surface area (Å²) >= 11 is 0. The second kappa shape index (κ2) is 5.61. The maximum Gasteiger partial charge on any atom is 0.357 e. The van der Waals surface area contributed by atoms with E-state index in [2.05, 4.69) is 85.0 Å². The molecule has 0 fully saturated rings. The standard InChI is InChI=1S/C18H22N2P/c1-13(2)16-9-7-10-17(14(3)4)18(16)20-12-15-8-5-6-11-19(15)21-20/h5-14H,1-4H3/q+1. The molecule has 0 radical (unpaired) electrons. The van der Waals surface area contributed by atoms with Gasteiger partial charge in [0.05, 0.1) is 6.20 Å². The molecule has 0 bridgehead atoms. The summed E-state index contributed by atoms with van der Waals surface area (Å²) in [4.78, 5) is 0. The highest BCUT2D eigenvalue weighted by Gasteiger charge is 2.21. The van der Waals surface area contributed by atoms with Crippen LogP contribution in [0.4, 0.5) is 0 Å². The summed E-state index contributed by atoms with van der Waals surface area (Å²) < 4.78 is 4.64. The number of rotatable bonds is 3. The van der Waals surface area contributed by atoms with Crippen LogP contribution in [-0.2, 0) is 0 Å². The van der Waals surface area contributed by atoms with Crippen molar-refractivity contribution < 1.29 is 4.33 Å². The number of aromatic nitrogens is 2. The van der Waals surface area contributed by atoms with E-state index in [9.17, 15) is 0 Å². The Kier molecular flexibility index (Phi) is 3.82. The van der Waals surface area contributed by atoms with Crippen LogP contribution in [0.3, 0.4) is 0 Å². The Balaban J connectivity index is 2.28. The van der Waals surface area contributed by atoms with Crippen molar-refractivity contribution in [2.45, 2.75) is 39.5 Å². The molecule has 108 valence electrons. The van der Waals surface area contributed by atoms with Crippen LogP contribution in [0.5, 0.6) is 0 Å². The number of hydrogen-bond acceptors (Lipinski definition) is 0. The number of pyridine rings is 1. The number of benzene rings is 1. The molecule has 2 aromatic heterocycles. The molecule has 0 unspecified atom stereocenters. The summed E-state index contributed by atoms with van der Waals surface area (Å²) in [7, 11) is 1.18. The topological polar surface area (TPSA) is 8.29 Å². The molecule has 0 aliphatic heterocycles. The van der Waals surface area contributed by atoms with Crippen molar-refractivity contribution in [3.8, 4) is 5.69 Å². The highest BCUT2D eigenvalue weighted by atomic mass is 31.1. The van der Waals surface area contributed by atoms with E-state index in [1.165, 1.54) is 30.8 Å². The maximum absolute atomic E-state index is 2.38. The summed E-state index contributed by atoms with van der Waals surface area (Å²) in [5.74, 6) is 1.05. The first kappa shape index (κ1) is 14.3. The van der Waals surface area contributed by atoms with Crippen LogP contribution in [0.2, 0.25) is 0 Å². The molecule has 3 aromatic rings. The van der Waals surface area contributed by atoms with Gasteiger partial charge in [0.15, 0.2) is 5.52 Å². The first-order chi connectivity index (χ1) is 10.1. The van der Waals surface area contributed by atoms with Gasteiger partial charge < -0.3 is 0 Å². The van der Waals surface area contributed by atoms with Gasteiger partial charge in [0.25, 0.3) is 0 Å². The van der Waals surface area contributed by atoms with Crippen LogP contribution < -0.4 is 4.33 Å². The van der Waals surface area contributed by atoms with Gasteiger partial charge in [0, 0.05) is 11.1 Å². The second-order valence-corrected chi connectivity index (χ2v) is 7.17. The zero-order valence-corrected chi connectivity index (χ0v) is 14.0. The lowest BCUT2D eigenvalue weighted by Gasteiger charge is -2.15. The van der Waals surface area contributed by atoms with Gasteiger partial charge in [0.1, 0.15) is 11.9 Å². The molecule has 0 saturated heterocycles. The minimum Gasteiger partial charge on any atom is -0.180 e. The maximum atomic E-state index is 2.38. The van der Waals surface area contributed by atoms with Crippen LogP contribution in [0.15, 0.2) is 48.8 Å². The van der Waals surface area contributed by atoms with Gasteiger partial charge >= 0.3 is 8.51 Å². The molecule has 0 aliphatic rings. The Morgan fingerprint density at radius 1 is 0.905 bits per heavy atom. The average Bonchev–Trinajstić information content (AvgIpc) is 2.89. The van der Waals surface area contributed by atoms with E-state index < -0.39 is 0 Å². The minimum atomic E-state index is 0.524. The van der Waals surface area contributed by atoms with E-state index in [4.69, 9.17) is 0 Å². The third-order valence-electron chi connectivity index (χ3n) is 3.89. The van der Waals surface area contributed by atoms with E-state index >= 15 is 0 Å². The molecule has 1 aromatic carbocycles. The van der Waals surface area contributed by atoms with E-state index in [0.717, 1.165) is 0 Å². The number of para-hydroxylation sites is 1. The molecular weight excluding hydrogens is 275 g/mol. The third-order valence-corrected chi connectivity index (χ3v) is 4.95. The van der Waals surface area contributed by atoms with Gasteiger partial charge in [-0.25, -0.2) is 0 Å². The largest absolute Gasteiger partial charge is 0.357 e. The number of fused-ring (bicyclic) bond motifs is 1. The third kappa shape index (κ3) is 2.61. The fourth-order valence-electron chi connectivity index (χ4n) is 2.77. The van der Waals surface area contributed by atoms with Crippen molar-refractivity contribution >= 4 is 14.0 Å². The van der Waals surface area contributed by atoms with Gasteiger partial charge in [-0.3, -0.25) is 0 Å². The Hall–Kier alpha value is -1.66. The van der Waals surface area contributed by atoms with Crippen LogP contribution >= 0.6 is 8.51 Å². The van der Waals surface area contributed by atoms with Crippen molar-refractivity contribution in [3.05, 3.63) is 59.9 Å². The molecule has 3 heteroatoms. The fourth-order valence-corrected chi connectivity index (χ4v) is 3.83. The van der Waals surface area contributed by atoms with Gasteiger partial charge in [-0.05, 0) is 24.0 Å². The molecule has 0 spiro atoms. The normalized spacial score (nSPS) is 12.1.